The van der Waals surface area contributed by atoms with Gasteiger partial charge in [-0.2, -0.15) is 0 Å². The summed E-state index contributed by atoms with van der Waals surface area (Å²) in [5.74, 6) is 1.80. The van der Waals surface area contributed by atoms with Crippen molar-refractivity contribution < 1.29 is 9.47 Å². The van der Waals surface area contributed by atoms with E-state index in [4.69, 9.17) is 9.47 Å². The fraction of sp³-hybridized carbons (Fsp3) is 0.455. The first-order valence-electron chi connectivity index (χ1n) is 10.1. The maximum Gasteiger partial charge on any atom is 0.184 e. The third-order valence-corrected chi connectivity index (χ3v) is 5.88. The fourth-order valence-electron chi connectivity index (χ4n) is 4.43. The van der Waals surface area contributed by atoms with Gasteiger partial charge in [0.1, 0.15) is 13.2 Å². The van der Waals surface area contributed by atoms with Gasteiger partial charge in [0, 0.05) is 44.5 Å². The molecule has 1 atom stereocenters. The van der Waals surface area contributed by atoms with Crippen molar-refractivity contribution in [2.45, 2.75) is 18.9 Å². The van der Waals surface area contributed by atoms with E-state index in [0.717, 1.165) is 44.2 Å². The molecule has 2 aromatic rings. The van der Waals surface area contributed by atoms with Crippen molar-refractivity contribution in [2.24, 2.45) is 0 Å². The molecule has 0 amide bonds. The van der Waals surface area contributed by atoms with Crippen LogP contribution in [0.3, 0.4) is 0 Å². The highest BCUT2D eigenvalue weighted by molar-refractivity contribution is 5.65. The Morgan fingerprint density at radius 1 is 0.926 bits per heavy atom. The largest absolute Gasteiger partial charge is 0.486 e. The van der Waals surface area contributed by atoms with E-state index in [0.29, 0.717) is 19.3 Å². The van der Waals surface area contributed by atoms with Crippen LogP contribution in [0.2, 0.25) is 0 Å². The minimum atomic E-state index is 0.549. The van der Waals surface area contributed by atoms with Crippen molar-refractivity contribution in [2.75, 3.05) is 56.2 Å². The molecular weight excluding hydrogens is 338 g/mol. The van der Waals surface area contributed by atoms with E-state index in [1.165, 1.54) is 29.8 Å². The average Bonchev–Trinajstić information content (AvgIpc) is 2.74. The molecule has 0 aliphatic carbocycles. The van der Waals surface area contributed by atoms with Gasteiger partial charge in [-0.3, -0.25) is 4.90 Å². The Labute approximate surface area is 160 Å². The first kappa shape index (κ1) is 16.8. The molecule has 3 heterocycles. The molecule has 0 saturated carbocycles. The topological polar surface area (TPSA) is 37.0 Å². The number of benzene rings is 2. The van der Waals surface area contributed by atoms with Crippen LogP contribution in [0.1, 0.15) is 12.0 Å². The summed E-state index contributed by atoms with van der Waals surface area (Å²) >= 11 is 0. The van der Waals surface area contributed by atoms with Crippen LogP contribution in [0.4, 0.5) is 11.4 Å². The van der Waals surface area contributed by atoms with Gasteiger partial charge < -0.3 is 19.7 Å². The Hall–Kier alpha value is -2.40. The van der Waals surface area contributed by atoms with Crippen molar-refractivity contribution >= 4 is 11.4 Å². The summed E-state index contributed by atoms with van der Waals surface area (Å²) in [6.07, 6.45) is 2.40. The second-order valence-corrected chi connectivity index (χ2v) is 7.63. The molecule has 5 heteroatoms. The number of para-hydroxylation sites is 2. The smallest absolute Gasteiger partial charge is 0.184 e. The summed E-state index contributed by atoms with van der Waals surface area (Å²) in [5.41, 5.74) is 3.95. The van der Waals surface area contributed by atoms with Gasteiger partial charge in [-0.15, -0.1) is 0 Å². The number of hydrogen-bond acceptors (Lipinski definition) is 5. The van der Waals surface area contributed by atoms with Gasteiger partial charge in [0.2, 0.25) is 0 Å². The fourth-order valence-corrected chi connectivity index (χ4v) is 4.43. The Morgan fingerprint density at radius 3 is 2.70 bits per heavy atom. The maximum absolute atomic E-state index is 5.90. The maximum atomic E-state index is 5.90. The van der Waals surface area contributed by atoms with Crippen molar-refractivity contribution in [3.8, 4) is 11.5 Å². The van der Waals surface area contributed by atoms with E-state index < -0.39 is 0 Å². The van der Waals surface area contributed by atoms with Gasteiger partial charge in [0.15, 0.2) is 11.5 Å². The molecule has 1 N–H and O–H groups in total. The molecular formula is C22H27N3O2. The van der Waals surface area contributed by atoms with Crippen molar-refractivity contribution in [3.05, 3.63) is 48.0 Å². The van der Waals surface area contributed by atoms with E-state index in [9.17, 15) is 0 Å². The number of anilines is 2. The van der Waals surface area contributed by atoms with Crippen molar-refractivity contribution in [1.82, 2.24) is 4.90 Å². The van der Waals surface area contributed by atoms with E-state index in [-0.39, 0.29) is 0 Å². The lowest BCUT2D eigenvalue weighted by Gasteiger charge is -2.39. The minimum absolute atomic E-state index is 0.549. The molecule has 0 aromatic heterocycles. The molecule has 142 valence electrons. The van der Waals surface area contributed by atoms with Gasteiger partial charge in [0.05, 0.1) is 5.69 Å². The lowest BCUT2D eigenvalue weighted by Crippen LogP contribution is -2.50. The SMILES string of the molecule is c1ccc2c(c1)CCC(CN1CCN(c3cccc4c3OCCO4)CC1)N2. The monoisotopic (exact) mass is 365 g/mol. The summed E-state index contributed by atoms with van der Waals surface area (Å²) in [5, 5.41) is 3.74. The Kier molecular flexibility index (Phi) is 4.54. The number of ether oxygens (including phenoxy) is 2. The molecule has 0 bridgehead atoms. The van der Waals surface area contributed by atoms with Crippen molar-refractivity contribution in [3.63, 3.8) is 0 Å². The summed E-state index contributed by atoms with van der Waals surface area (Å²) in [6.45, 7) is 6.64. The number of hydrogen-bond donors (Lipinski definition) is 1. The lowest BCUT2D eigenvalue weighted by molar-refractivity contribution is 0.171. The molecule has 5 nitrogen and oxygen atoms in total. The Bertz CT molecular complexity index is 802. The van der Waals surface area contributed by atoms with Crippen LogP contribution in [0.5, 0.6) is 11.5 Å². The number of fused-ring (bicyclic) bond motifs is 2. The molecule has 5 rings (SSSR count). The van der Waals surface area contributed by atoms with Crippen LogP contribution in [0.25, 0.3) is 0 Å². The molecule has 27 heavy (non-hydrogen) atoms. The predicted molar refractivity (Wildman–Crippen MR) is 108 cm³/mol. The van der Waals surface area contributed by atoms with Crippen LogP contribution < -0.4 is 19.7 Å². The van der Waals surface area contributed by atoms with Gasteiger partial charge in [0.25, 0.3) is 0 Å². The zero-order valence-electron chi connectivity index (χ0n) is 15.7. The lowest BCUT2D eigenvalue weighted by atomic mass is 9.97. The van der Waals surface area contributed by atoms with Crippen molar-refractivity contribution in [1.29, 1.82) is 0 Å². The highest BCUT2D eigenvalue weighted by Crippen LogP contribution is 2.39. The first-order chi connectivity index (χ1) is 13.4. The molecule has 3 aliphatic rings. The number of piperazine rings is 1. The van der Waals surface area contributed by atoms with Gasteiger partial charge in [-0.1, -0.05) is 24.3 Å². The quantitative estimate of drug-likeness (QED) is 0.905. The Morgan fingerprint density at radius 2 is 1.78 bits per heavy atom. The summed E-state index contributed by atoms with van der Waals surface area (Å²) in [6, 6.07) is 15.5. The number of rotatable bonds is 3. The molecule has 1 unspecified atom stereocenters. The molecule has 1 saturated heterocycles. The van der Waals surface area contributed by atoms with Crippen LogP contribution in [-0.4, -0.2) is 56.9 Å². The third-order valence-electron chi connectivity index (χ3n) is 5.88. The van der Waals surface area contributed by atoms with Gasteiger partial charge >= 0.3 is 0 Å². The second-order valence-electron chi connectivity index (χ2n) is 7.63. The number of aryl methyl sites for hydroxylation is 1. The highest BCUT2D eigenvalue weighted by atomic mass is 16.6. The van der Waals surface area contributed by atoms with Crippen LogP contribution in [0.15, 0.2) is 42.5 Å². The molecule has 2 aromatic carbocycles. The average molecular weight is 365 g/mol. The molecule has 0 spiro atoms. The predicted octanol–water partition coefficient (Wildman–Crippen LogP) is 3.01. The number of nitrogens with one attached hydrogen (secondary N) is 1. The standard InChI is InChI=1S/C22H27N3O2/c1-2-5-19-17(4-1)8-9-18(23-19)16-24-10-12-25(13-11-24)20-6-3-7-21-22(20)27-15-14-26-21/h1-7,18,23H,8-16H2. The summed E-state index contributed by atoms with van der Waals surface area (Å²) < 4.78 is 11.6. The van der Waals surface area contributed by atoms with Crippen LogP contribution in [0, 0.1) is 0 Å². The zero-order chi connectivity index (χ0) is 18.1. The molecule has 1 fully saturated rings. The third kappa shape index (κ3) is 3.44. The highest BCUT2D eigenvalue weighted by Gasteiger charge is 2.26. The summed E-state index contributed by atoms with van der Waals surface area (Å²) in [4.78, 5) is 5.03. The normalized spacial score (nSPS) is 22.1. The zero-order valence-corrected chi connectivity index (χ0v) is 15.7. The van der Waals surface area contributed by atoms with Crippen LogP contribution in [-0.2, 0) is 6.42 Å². The van der Waals surface area contributed by atoms with Crippen LogP contribution >= 0.6 is 0 Å². The van der Waals surface area contributed by atoms with E-state index in [1.54, 1.807) is 0 Å². The van der Waals surface area contributed by atoms with E-state index in [2.05, 4.69) is 51.5 Å². The minimum Gasteiger partial charge on any atom is -0.486 e. The Balaban J connectivity index is 1.19. The second kappa shape index (κ2) is 7.31. The number of nitrogens with zero attached hydrogens (tertiary/aromatic N) is 2. The molecule has 0 radical (unpaired) electrons. The molecule has 3 aliphatic heterocycles. The van der Waals surface area contributed by atoms with Gasteiger partial charge in [-0.05, 0) is 36.6 Å². The van der Waals surface area contributed by atoms with Gasteiger partial charge in [-0.25, -0.2) is 0 Å². The summed E-state index contributed by atoms with van der Waals surface area (Å²) in [7, 11) is 0. The van der Waals surface area contributed by atoms with E-state index in [1.807, 2.05) is 6.07 Å². The van der Waals surface area contributed by atoms with E-state index >= 15 is 0 Å². The first-order valence-corrected chi connectivity index (χ1v) is 10.1.